The molecule has 0 saturated carbocycles. The van der Waals surface area contributed by atoms with Crippen molar-refractivity contribution in [1.29, 1.82) is 0 Å². The molecule has 2 heterocycles. The van der Waals surface area contributed by atoms with E-state index in [1.807, 2.05) is 18.2 Å². The highest BCUT2D eigenvalue weighted by Crippen LogP contribution is 2.38. The second-order valence-electron chi connectivity index (χ2n) is 6.15. The van der Waals surface area contributed by atoms with Gasteiger partial charge in [-0.25, -0.2) is 0 Å². The Morgan fingerprint density at radius 2 is 2.00 bits per heavy atom. The number of benzene rings is 1. The van der Waals surface area contributed by atoms with Crippen LogP contribution in [0.25, 0.3) is 0 Å². The maximum absolute atomic E-state index is 10.7. The van der Waals surface area contributed by atoms with Crippen molar-refractivity contribution in [3.05, 3.63) is 23.8 Å². The Bertz CT molecular complexity index is 488. The lowest BCUT2D eigenvalue weighted by atomic mass is 9.89. The summed E-state index contributed by atoms with van der Waals surface area (Å²) in [5.41, 5.74) is 0.890. The first-order chi connectivity index (χ1) is 10.2. The minimum Gasteiger partial charge on any atom is -0.489 e. The third kappa shape index (κ3) is 3.01. The molecule has 0 radical (unpaired) electrons. The molecular weight excluding hydrogens is 268 g/mol. The summed E-state index contributed by atoms with van der Waals surface area (Å²) >= 11 is 0. The van der Waals surface area contributed by atoms with E-state index in [2.05, 4.69) is 13.8 Å². The second kappa shape index (κ2) is 6.24. The van der Waals surface area contributed by atoms with E-state index in [-0.39, 0.29) is 12.0 Å². The van der Waals surface area contributed by atoms with Gasteiger partial charge in [0, 0.05) is 18.4 Å². The van der Waals surface area contributed by atoms with Gasteiger partial charge in [0.15, 0.2) is 11.5 Å². The third-order valence-corrected chi connectivity index (χ3v) is 4.42. The van der Waals surface area contributed by atoms with E-state index in [1.165, 1.54) is 0 Å². The monoisotopic (exact) mass is 292 g/mol. The Morgan fingerprint density at radius 1 is 1.24 bits per heavy atom. The smallest absolute Gasteiger partial charge is 0.161 e. The number of rotatable bonds is 3. The van der Waals surface area contributed by atoms with Crippen molar-refractivity contribution in [3.63, 3.8) is 0 Å². The molecule has 116 valence electrons. The molecule has 2 aliphatic heterocycles. The maximum atomic E-state index is 10.7. The molecule has 4 atom stereocenters. The number of hydrogen-bond acceptors (Lipinski definition) is 4. The van der Waals surface area contributed by atoms with Gasteiger partial charge in [-0.2, -0.15) is 0 Å². The van der Waals surface area contributed by atoms with Gasteiger partial charge in [0.25, 0.3) is 0 Å². The molecule has 4 heteroatoms. The molecule has 0 spiro atoms. The van der Waals surface area contributed by atoms with Crippen LogP contribution in [0.3, 0.4) is 0 Å². The van der Waals surface area contributed by atoms with Crippen molar-refractivity contribution >= 4 is 0 Å². The van der Waals surface area contributed by atoms with Crippen LogP contribution in [0.1, 0.15) is 38.4 Å². The van der Waals surface area contributed by atoms with Crippen LogP contribution in [0.5, 0.6) is 11.5 Å². The van der Waals surface area contributed by atoms with Gasteiger partial charge in [0.1, 0.15) is 0 Å². The number of aliphatic hydroxyl groups excluding tert-OH is 1. The predicted octanol–water partition coefficient (Wildman–Crippen LogP) is 2.94. The maximum Gasteiger partial charge on any atom is 0.161 e. The van der Waals surface area contributed by atoms with Crippen molar-refractivity contribution < 1.29 is 19.3 Å². The molecule has 4 nitrogen and oxygen atoms in total. The van der Waals surface area contributed by atoms with E-state index in [0.29, 0.717) is 19.1 Å². The molecule has 1 aromatic carbocycles. The molecule has 1 saturated heterocycles. The first-order valence-electron chi connectivity index (χ1n) is 7.88. The van der Waals surface area contributed by atoms with Gasteiger partial charge in [-0.15, -0.1) is 0 Å². The van der Waals surface area contributed by atoms with E-state index < -0.39 is 6.10 Å². The lowest BCUT2D eigenvalue weighted by molar-refractivity contribution is 0.0306. The summed E-state index contributed by atoms with van der Waals surface area (Å²) in [4.78, 5) is 0. The van der Waals surface area contributed by atoms with E-state index >= 15 is 0 Å². The topological polar surface area (TPSA) is 47.9 Å². The molecule has 0 amide bonds. The van der Waals surface area contributed by atoms with Crippen molar-refractivity contribution in [2.75, 3.05) is 19.8 Å². The van der Waals surface area contributed by atoms with Gasteiger partial charge in [-0.05, 0) is 30.5 Å². The van der Waals surface area contributed by atoms with Crippen LogP contribution in [0.4, 0.5) is 0 Å². The summed E-state index contributed by atoms with van der Waals surface area (Å²) in [5.74, 6) is 2.05. The number of ether oxygens (including phenoxy) is 3. The highest BCUT2D eigenvalue weighted by molar-refractivity contribution is 5.44. The van der Waals surface area contributed by atoms with Crippen molar-refractivity contribution in [1.82, 2.24) is 0 Å². The Morgan fingerprint density at radius 3 is 2.76 bits per heavy atom. The van der Waals surface area contributed by atoms with Crippen LogP contribution >= 0.6 is 0 Å². The van der Waals surface area contributed by atoms with Gasteiger partial charge >= 0.3 is 0 Å². The lowest BCUT2D eigenvalue weighted by Crippen LogP contribution is -2.22. The first kappa shape index (κ1) is 14.7. The van der Waals surface area contributed by atoms with Crippen LogP contribution in [-0.2, 0) is 4.74 Å². The van der Waals surface area contributed by atoms with Crippen LogP contribution in [-0.4, -0.2) is 31.0 Å². The summed E-state index contributed by atoms with van der Waals surface area (Å²) in [7, 11) is 0. The van der Waals surface area contributed by atoms with Crippen molar-refractivity contribution in [2.24, 2.45) is 11.8 Å². The van der Waals surface area contributed by atoms with E-state index in [1.54, 1.807) is 0 Å². The van der Waals surface area contributed by atoms with Crippen LogP contribution in [0.15, 0.2) is 18.2 Å². The first-order valence-corrected chi connectivity index (χ1v) is 7.88. The van der Waals surface area contributed by atoms with E-state index in [9.17, 15) is 5.11 Å². The zero-order valence-electron chi connectivity index (χ0n) is 12.7. The molecule has 2 aliphatic rings. The lowest BCUT2D eigenvalue weighted by Gasteiger charge is -2.23. The fourth-order valence-corrected chi connectivity index (χ4v) is 3.15. The zero-order chi connectivity index (χ0) is 14.8. The molecule has 3 rings (SSSR count). The minimum absolute atomic E-state index is 0.149. The third-order valence-electron chi connectivity index (χ3n) is 4.42. The van der Waals surface area contributed by atoms with Crippen LogP contribution in [0.2, 0.25) is 0 Å². The summed E-state index contributed by atoms with van der Waals surface area (Å²) in [6, 6.07) is 5.76. The van der Waals surface area contributed by atoms with Gasteiger partial charge in [0.05, 0.1) is 25.4 Å². The standard InChI is InChI=1S/C17H24O4/c1-3-14-13(6-7-19-14)17(18)12-4-5-15-16(8-12)21-10-11(2)9-20-15/h4-5,8,11,13-14,17-18H,3,6-7,9-10H2,1-2H3. The quantitative estimate of drug-likeness (QED) is 0.930. The molecule has 1 fully saturated rings. The number of hydrogen-bond donors (Lipinski definition) is 1. The minimum atomic E-state index is -0.507. The molecule has 0 aliphatic carbocycles. The van der Waals surface area contributed by atoms with Gasteiger partial charge in [-0.1, -0.05) is 19.9 Å². The fraction of sp³-hybridized carbons (Fsp3) is 0.647. The zero-order valence-corrected chi connectivity index (χ0v) is 12.7. The molecule has 0 aromatic heterocycles. The Balaban J connectivity index is 1.80. The van der Waals surface area contributed by atoms with Gasteiger partial charge in [-0.3, -0.25) is 0 Å². The van der Waals surface area contributed by atoms with Gasteiger partial charge < -0.3 is 19.3 Å². The molecule has 4 unspecified atom stereocenters. The van der Waals surface area contributed by atoms with Crippen LogP contribution in [0, 0.1) is 11.8 Å². The van der Waals surface area contributed by atoms with Crippen LogP contribution < -0.4 is 9.47 Å². The molecule has 1 N–H and O–H groups in total. The predicted molar refractivity (Wildman–Crippen MR) is 79.7 cm³/mol. The number of aliphatic hydroxyl groups is 1. The Kier molecular flexibility index (Phi) is 4.36. The molecular formula is C17H24O4. The molecule has 1 aromatic rings. The van der Waals surface area contributed by atoms with Crippen molar-refractivity contribution in [3.8, 4) is 11.5 Å². The van der Waals surface area contributed by atoms with E-state index in [0.717, 1.165) is 36.5 Å². The SMILES string of the molecule is CCC1OCCC1C(O)c1ccc2c(c1)OCC(C)CO2. The van der Waals surface area contributed by atoms with E-state index in [4.69, 9.17) is 14.2 Å². The summed E-state index contributed by atoms with van der Waals surface area (Å²) in [6.45, 7) is 6.26. The second-order valence-corrected chi connectivity index (χ2v) is 6.15. The average molecular weight is 292 g/mol. The summed E-state index contributed by atoms with van der Waals surface area (Å²) in [5, 5.41) is 10.7. The van der Waals surface area contributed by atoms with Gasteiger partial charge in [0.2, 0.25) is 0 Å². The average Bonchev–Trinajstić information content (AvgIpc) is 2.91. The molecule has 21 heavy (non-hydrogen) atoms. The fourth-order valence-electron chi connectivity index (χ4n) is 3.15. The highest BCUT2D eigenvalue weighted by Gasteiger charge is 2.34. The summed E-state index contributed by atoms with van der Waals surface area (Å²) < 4.78 is 17.2. The summed E-state index contributed by atoms with van der Waals surface area (Å²) in [6.07, 6.45) is 1.48. The number of fused-ring (bicyclic) bond motifs is 1. The normalized spacial score (nSPS) is 30.0. The Labute approximate surface area is 126 Å². The van der Waals surface area contributed by atoms with Crippen molar-refractivity contribution in [2.45, 2.75) is 38.9 Å². The largest absolute Gasteiger partial charge is 0.489 e. The molecule has 0 bridgehead atoms. The Hall–Kier alpha value is -1.26. The highest BCUT2D eigenvalue weighted by atomic mass is 16.5.